The van der Waals surface area contributed by atoms with Crippen LogP contribution in [0.25, 0.3) is 5.69 Å². The minimum absolute atomic E-state index is 0.162. The third kappa shape index (κ3) is 3.32. The molecule has 1 saturated carbocycles. The zero-order valence-corrected chi connectivity index (χ0v) is 14.5. The molecular weight excluding hydrogens is 284 g/mol. The first-order valence-corrected chi connectivity index (χ1v) is 8.76. The molecule has 0 spiro atoms. The van der Waals surface area contributed by atoms with Crippen LogP contribution < -0.4 is 5.73 Å². The van der Waals surface area contributed by atoms with E-state index in [-0.39, 0.29) is 5.41 Å². The van der Waals surface area contributed by atoms with E-state index in [2.05, 4.69) is 55.3 Å². The van der Waals surface area contributed by atoms with Crippen molar-refractivity contribution in [3.8, 4) is 5.69 Å². The molecule has 23 heavy (non-hydrogen) atoms. The van der Waals surface area contributed by atoms with Crippen molar-refractivity contribution in [3.63, 3.8) is 0 Å². The van der Waals surface area contributed by atoms with Gasteiger partial charge in [-0.05, 0) is 36.0 Å². The maximum Gasteiger partial charge on any atom is 0.100 e. The smallest absolute Gasteiger partial charge is 0.100 e. The van der Waals surface area contributed by atoms with Gasteiger partial charge in [-0.15, -0.1) is 5.10 Å². The van der Waals surface area contributed by atoms with Gasteiger partial charge < -0.3 is 5.73 Å². The van der Waals surface area contributed by atoms with Crippen molar-refractivity contribution in [1.29, 1.82) is 0 Å². The van der Waals surface area contributed by atoms with E-state index < -0.39 is 0 Å². The molecule has 0 aliphatic heterocycles. The summed E-state index contributed by atoms with van der Waals surface area (Å²) in [5.41, 5.74) is 10.7. The Kier molecular flexibility index (Phi) is 4.53. The molecule has 0 saturated heterocycles. The van der Waals surface area contributed by atoms with Gasteiger partial charge in [-0.3, -0.25) is 0 Å². The predicted octanol–water partition coefficient (Wildman–Crippen LogP) is 4.07. The Balaban J connectivity index is 1.97. The highest BCUT2D eigenvalue weighted by Crippen LogP contribution is 2.35. The minimum Gasteiger partial charge on any atom is -0.325 e. The van der Waals surface area contributed by atoms with Gasteiger partial charge in [0, 0.05) is 12.5 Å². The topological polar surface area (TPSA) is 56.7 Å². The standard InChI is InChI=1S/C19H28N4/c1-19(2,3)15-9-11-16(12-10-15)23-18(17(13-20)21-22-23)14-7-5-4-6-8-14/h9-12,14H,4-8,13,20H2,1-3H3. The van der Waals surface area contributed by atoms with Crippen LogP contribution in [0.5, 0.6) is 0 Å². The van der Waals surface area contributed by atoms with E-state index in [1.54, 1.807) is 0 Å². The molecule has 1 aromatic heterocycles. The third-order valence-corrected chi connectivity index (χ3v) is 4.94. The molecule has 0 atom stereocenters. The molecule has 1 aliphatic carbocycles. The first kappa shape index (κ1) is 16.2. The zero-order chi connectivity index (χ0) is 16.4. The molecule has 1 heterocycles. The van der Waals surface area contributed by atoms with E-state index in [0.717, 1.165) is 11.4 Å². The normalized spacial score (nSPS) is 16.7. The fourth-order valence-corrected chi connectivity index (χ4v) is 3.54. The van der Waals surface area contributed by atoms with Crippen LogP contribution in [0, 0.1) is 0 Å². The number of hydrogen-bond donors (Lipinski definition) is 1. The summed E-state index contributed by atoms with van der Waals surface area (Å²) < 4.78 is 2.02. The molecule has 124 valence electrons. The van der Waals surface area contributed by atoms with Gasteiger partial charge in [0.15, 0.2) is 0 Å². The second-order valence-electron chi connectivity index (χ2n) is 7.67. The monoisotopic (exact) mass is 312 g/mol. The highest BCUT2D eigenvalue weighted by molar-refractivity contribution is 5.38. The molecule has 3 rings (SSSR count). The second-order valence-corrected chi connectivity index (χ2v) is 7.67. The molecule has 0 radical (unpaired) electrons. The summed E-state index contributed by atoms with van der Waals surface area (Å²) in [6.45, 7) is 7.16. The molecule has 4 heteroatoms. The van der Waals surface area contributed by atoms with Crippen molar-refractivity contribution in [2.75, 3.05) is 0 Å². The molecule has 2 N–H and O–H groups in total. The van der Waals surface area contributed by atoms with Crippen LogP contribution in [0.1, 0.15) is 75.7 Å². The first-order valence-electron chi connectivity index (χ1n) is 8.76. The summed E-state index contributed by atoms with van der Waals surface area (Å²) in [6, 6.07) is 8.71. The number of nitrogens with zero attached hydrogens (tertiary/aromatic N) is 3. The van der Waals surface area contributed by atoms with E-state index >= 15 is 0 Å². The van der Waals surface area contributed by atoms with Crippen LogP contribution in [0.4, 0.5) is 0 Å². The average Bonchev–Trinajstić information content (AvgIpc) is 2.99. The fourth-order valence-electron chi connectivity index (χ4n) is 3.54. The summed E-state index contributed by atoms with van der Waals surface area (Å²) in [5, 5.41) is 8.76. The Bertz CT molecular complexity index is 643. The van der Waals surface area contributed by atoms with Crippen LogP contribution in [0.2, 0.25) is 0 Å². The molecule has 0 bridgehead atoms. The third-order valence-electron chi connectivity index (χ3n) is 4.94. The summed E-state index contributed by atoms with van der Waals surface area (Å²) in [5.74, 6) is 0.541. The first-order chi connectivity index (χ1) is 11.0. The van der Waals surface area contributed by atoms with Crippen LogP contribution in [-0.2, 0) is 12.0 Å². The lowest BCUT2D eigenvalue weighted by molar-refractivity contribution is 0.428. The summed E-state index contributed by atoms with van der Waals surface area (Å²) in [4.78, 5) is 0. The molecule has 2 aromatic rings. The van der Waals surface area contributed by atoms with Crippen LogP contribution in [0.15, 0.2) is 24.3 Å². The second kappa shape index (κ2) is 6.44. The van der Waals surface area contributed by atoms with E-state index in [1.165, 1.54) is 43.4 Å². The van der Waals surface area contributed by atoms with Crippen LogP contribution in [0.3, 0.4) is 0 Å². The van der Waals surface area contributed by atoms with Crippen LogP contribution >= 0.6 is 0 Å². The summed E-state index contributed by atoms with van der Waals surface area (Å²) >= 11 is 0. The van der Waals surface area contributed by atoms with E-state index in [0.29, 0.717) is 12.5 Å². The Labute approximate surface area is 139 Å². The van der Waals surface area contributed by atoms with Gasteiger partial charge in [0.25, 0.3) is 0 Å². The van der Waals surface area contributed by atoms with Crippen molar-refractivity contribution in [2.24, 2.45) is 5.73 Å². The lowest BCUT2D eigenvalue weighted by atomic mass is 9.85. The number of aromatic nitrogens is 3. The van der Waals surface area contributed by atoms with Crippen molar-refractivity contribution in [3.05, 3.63) is 41.2 Å². The zero-order valence-electron chi connectivity index (χ0n) is 14.5. The van der Waals surface area contributed by atoms with Crippen molar-refractivity contribution >= 4 is 0 Å². The Morgan fingerprint density at radius 3 is 2.30 bits per heavy atom. The van der Waals surface area contributed by atoms with Gasteiger partial charge in [0.1, 0.15) is 5.69 Å². The lowest BCUT2D eigenvalue weighted by Gasteiger charge is -2.23. The lowest BCUT2D eigenvalue weighted by Crippen LogP contribution is -2.15. The highest BCUT2D eigenvalue weighted by atomic mass is 15.4. The summed E-state index contributed by atoms with van der Waals surface area (Å²) in [7, 11) is 0. The van der Waals surface area contributed by atoms with Gasteiger partial charge in [-0.2, -0.15) is 0 Å². The molecule has 4 nitrogen and oxygen atoms in total. The maximum atomic E-state index is 5.91. The van der Waals surface area contributed by atoms with Crippen molar-refractivity contribution in [2.45, 2.75) is 70.8 Å². The molecule has 0 amide bonds. The largest absolute Gasteiger partial charge is 0.325 e. The Morgan fingerprint density at radius 1 is 1.09 bits per heavy atom. The average molecular weight is 312 g/mol. The van der Waals surface area contributed by atoms with Crippen LogP contribution in [-0.4, -0.2) is 15.0 Å². The minimum atomic E-state index is 0.162. The SMILES string of the molecule is CC(C)(C)c1ccc(-n2nnc(CN)c2C2CCCCC2)cc1. The molecule has 1 aromatic carbocycles. The predicted molar refractivity (Wildman–Crippen MR) is 93.8 cm³/mol. The Hall–Kier alpha value is -1.68. The van der Waals surface area contributed by atoms with Gasteiger partial charge in [0.2, 0.25) is 0 Å². The van der Waals surface area contributed by atoms with E-state index in [9.17, 15) is 0 Å². The number of benzene rings is 1. The number of hydrogen-bond acceptors (Lipinski definition) is 3. The Morgan fingerprint density at radius 2 is 1.74 bits per heavy atom. The fraction of sp³-hybridized carbons (Fsp3) is 0.579. The van der Waals surface area contributed by atoms with Gasteiger partial charge >= 0.3 is 0 Å². The molecule has 1 fully saturated rings. The number of rotatable bonds is 3. The van der Waals surface area contributed by atoms with Gasteiger partial charge in [0.05, 0.1) is 11.4 Å². The molecule has 0 unspecified atom stereocenters. The number of nitrogens with two attached hydrogens (primary N) is 1. The maximum absolute atomic E-state index is 5.91. The van der Waals surface area contributed by atoms with Crippen molar-refractivity contribution < 1.29 is 0 Å². The van der Waals surface area contributed by atoms with Crippen molar-refractivity contribution in [1.82, 2.24) is 15.0 Å². The molecular formula is C19H28N4. The van der Waals surface area contributed by atoms with E-state index in [1.807, 2.05) is 4.68 Å². The summed E-state index contributed by atoms with van der Waals surface area (Å²) in [6.07, 6.45) is 6.38. The highest BCUT2D eigenvalue weighted by Gasteiger charge is 2.24. The van der Waals surface area contributed by atoms with Gasteiger partial charge in [-0.25, -0.2) is 4.68 Å². The molecule has 1 aliphatic rings. The quantitative estimate of drug-likeness (QED) is 0.929. The van der Waals surface area contributed by atoms with E-state index in [4.69, 9.17) is 5.73 Å². The van der Waals surface area contributed by atoms with Gasteiger partial charge in [-0.1, -0.05) is 57.4 Å².